The second-order valence-corrected chi connectivity index (χ2v) is 4.72. The van der Waals surface area contributed by atoms with Crippen LogP contribution >= 0.6 is 0 Å². The zero-order chi connectivity index (χ0) is 12.3. The molecule has 2 rings (SSSR count). The lowest BCUT2D eigenvalue weighted by molar-refractivity contribution is 0.278. The number of aromatic hydroxyl groups is 1. The highest BCUT2D eigenvalue weighted by molar-refractivity contribution is 5.40. The van der Waals surface area contributed by atoms with Crippen LogP contribution in [0.1, 0.15) is 42.5 Å². The van der Waals surface area contributed by atoms with E-state index in [1.165, 1.54) is 25.7 Å². The molecule has 1 fully saturated rings. The lowest BCUT2D eigenvalue weighted by atomic mass is 10.1. The molecule has 0 amide bonds. The van der Waals surface area contributed by atoms with Crippen molar-refractivity contribution in [3.8, 4) is 5.75 Å². The quantitative estimate of drug-likeness (QED) is 0.743. The molecule has 17 heavy (non-hydrogen) atoms. The molecule has 0 atom stereocenters. The van der Waals surface area contributed by atoms with Crippen LogP contribution in [0.25, 0.3) is 0 Å². The van der Waals surface area contributed by atoms with Gasteiger partial charge in [-0.15, -0.1) is 0 Å². The molecule has 1 aliphatic rings. The van der Waals surface area contributed by atoms with E-state index in [0.29, 0.717) is 23.8 Å². The molecular formula is C13H20N2O2. The van der Waals surface area contributed by atoms with Gasteiger partial charge in [0.15, 0.2) is 0 Å². The molecule has 94 valence electrons. The molecule has 4 nitrogen and oxygen atoms in total. The molecule has 3 N–H and O–H groups in total. The highest BCUT2D eigenvalue weighted by atomic mass is 16.3. The molecule has 4 heteroatoms. The maximum Gasteiger partial charge on any atom is 0.141 e. The average molecular weight is 236 g/mol. The van der Waals surface area contributed by atoms with Crippen LogP contribution in [-0.4, -0.2) is 21.2 Å². The van der Waals surface area contributed by atoms with Crippen molar-refractivity contribution < 1.29 is 10.2 Å². The molecular weight excluding hydrogens is 216 g/mol. The molecule has 0 unspecified atom stereocenters. The molecule has 1 aromatic heterocycles. The molecule has 0 spiro atoms. The third-order valence-corrected chi connectivity index (χ3v) is 3.52. The fourth-order valence-electron chi connectivity index (χ4n) is 2.39. The van der Waals surface area contributed by atoms with Crippen LogP contribution in [-0.2, 0) is 13.2 Å². The van der Waals surface area contributed by atoms with E-state index in [-0.39, 0.29) is 12.4 Å². The molecule has 1 aliphatic carbocycles. The maximum atomic E-state index is 9.97. The molecule has 1 aromatic rings. The van der Waals surface area contributed by atoms with Gasteiger partial charge in [0.25, 0.3) is 0 Å². The highest BCUT2D eigenvalue weighted by Crippen LogP contribution is 2.25. The second kappa shape index (κ2) is 5.47. The van der Waals surface area contributed by atoms with Gasteiger partial charge in [-0.3, -0.25) is 4.98 Å². The summed E-state index contributed by atoms with van der Waals surface area (Å²) in [6.45, 7) is 2.30. The smallest absolute Gasteiger partial charge is 0.141 e. The number of pyridine rings is 1. The molecule has 0 aliphatic heterocycles. The Morgan fingerprint density at radius 2 is 2.12 bits per heavy atom. The van der Waals surface area contributed by atoms with Gasteiger partial charge in [0.1, 0.15) is 5.75 Å². The summed E-state index contributed by atoms with van der Waals surface area (Å²) in [4.78, 5) is 4.05. The second-order valence-electron chi connectivity index (χ2n) is 4.72. The third kappa shape index (κ3) is 2.76. The number of rotatable bonds is 4. The SMILES string of the molecule is Cc1ncc(CO)c(CNC2CCCC2)c1O. The Kier molecular flexibility index (Phi) is 3.97. The zero-order valence-electron chi connectivity index (χ0n) is 10.2. The van der Waals surface area contributed by atoms with Crippen LogP contribution in [0.5, 0.6) is 5.75 Å². The Bertz CT molecular complexity index is 387. The molecule has 0 bridgehead atoms. The fraction of sp³-hybridized carbons (Fsp3) is 0.615. The van der Waals surface area contributed by atoms with Crippen molar-refractivity contribution in [2.75, 3.05) is 0 Å². The molecule has 0 radical (unpaired) electrons. The van der Waals surface area contributed by atoms with Crippen molar-refractivity contribution in [3.05, 3.63) is 23.0 Å². The van der Waals surface area contributed by atoms with Crippen molar-refractivity contribution in [1.29, 1.82) is 0 Å². The summed E-state index contributed by atoms with van der Waals surface area (Å²) in [5.41, 5.74) is 2.11. The van der Waals surface area contributed by atoms with Crippen molar-refractivity contribution in [2.24, 2.45) is 0 Å². The van der Waals surface area contributed by atoms with Crippen LogP contribution in [0.4, 0.5) is 0 Å². The topological polar surface area (TPSA) is 65.4 Å². The Hall–Kier alpha value is -1.13. The van der Waals surface area contributed by atoms with Crippen LogP contribution < -0.4 is 5.32 Å². The minimum atomic E-state index is -0.0808. The number of aromatic nitrogens is 1. The van der Waals surface area contributed by atoms with Gasteiger partial charge in [-0.25, -0.2) is 0 Å². The Morgan fingerprint density at radius 1 is 1.41 bits per heavy atom. The standard InChI is InChI=1S/C13H20N2O2/c1-9-13(17)12(10(8-16)6-14-9)7-15-11-4-2-3-5-11/h6,11,15-17H,2-5,7-8H2,1H3. The number of nitrogens with zero attached hydrogens (tertiary/aromatic N) is 1. The molecule has 1 heterocycles. The predicted octanol–water partition coefficient (Wildman–Crippen LogP) is 1.62. The molecule has 1 saturated carbocycles. The molecule has 0 aromatic carbocycles. The first kappa shape index (κ1) is 12.3. The first-order chi connectivity index (χ1) is 8.22. The predicted molar refractivity (Wildman–Crippen MR) is 65.7 cm³/mol. The van der Waals surface area contributed by atoms with Gasteiger partial charge < -0.3 is 15.5 Å². The van der Waals surface area contributed by atoms with Crippen molar-refractivity contribution in [1.82, 2.24) is 10.3 Å². The van der Waals surface area contributed by atoms with Crippen molar-refractivity contribution in [3.63, 3.8) is 0 Å². The summed E-state index contributed by atoms with van der Waals surface area (Å²) in [6.07, 6.45) is 6.62. The van der Waals surface area contributed by atoms with Crippen LogP contribution in [0.15, 0.2) is 6.20 Å². The summed E-state index contributed by atoms with van der Waals surface area (Å²) in [5, 5.41) is 22.7. The average Bonchev–Trinajstić information content (AvgIpc) is 2.84. The van der Waals surface area contributed by atoms with Gasteiger partial charge in [-0.2, -0.15) is 0 Å². The maximum absolute atomic E-state index is 9.97. The van der Waals surface area contributed by atoms with E-state index in [2.05, 4.69) is 10.3 Å². The van der Waals surface area contributed by atoms with Crippen LogP contribution in [0.2, 0.25) is 0 Å². The number of aryl methyl sites for hydroxylation is 1. The first-order valence-electron chi connectivity index (χ1n) is 6.23. The summed E-state index contributed by atoms with van der Waals surface area (Å²) in [6, 6.07) is 0.550. The van der Waals surface area contributed by atoms with Crippen molar-refractivity contribution >= 4 is 0 Å². The van der Waals surface area contributed by atoms with E-state index < -0.39 is 0 Å². The minimum Gasteiger partial charge on any atom is -0.506 e. The van der Waals surface area contributed by atoms with Gasteiger partial charge in [0.05, 0.1) is 12.3 Å². The van der Waals surface area contributed by atoms with Crippen LogP contribution in [0.3, 0.4) is 0 Å². The lowest BCUT2D eigenvalue weighted by Crippen LogP contribution is -2.26. The summed E-state index contributed by atoms with van der Waals surface area (Å²) < 4.78 is 0. The molecule has 0 saturated heterocycles. The zero-order valence-corrected chi connectivity index (χ0v) is 10.2. The lowest BCUT2D eigenvalue weighted by Gasteiger charge is -2.15. The van der Waals surface area contributed by atoms with Gasteiger partial charge in [0.2, 0.25) is 0 Å². The fourth-order valence-corrected chi connectivity index (χ4v) is 2.39. The van der Waals surface area contributed by atoms with E-state index in [9.17, 15) is 10.2 Å². The summed E-state index contributed by atoms with van der Waals surface area (Å²) >= 11 is 0. The van der Waals surface area contributed by atoms with Gasteiger partial charge in [-0.1, -0.05) is 12.8 Å². The number of aliphatic hydroxyl groups excluding tert-OH is 1. The monoisotopic (exact) mass is 236 g/mol. The van der Waals surface area contributed by atoms with Gasteiger partial charge >= 0.3 is 0 Å². The van der Waals surface area contributed by atoms with Gasteiger partial charge in [0, 0.05) is 29.9 Å². The highest BCUT2D eigenvalue weighted by Gasteiger charge is 2.16. The normalized spacial score (nSPS) is 16.6. The van der Waals surface area contributed by atoms with E-state index in [4.69, 9.17) is 0 Å². The Labute approximate surface area is 102 Å². The van der Waals surface area contributed by atoms with E-state index in [0.717, 1.165) is 5.56 Å². The van der Waals surface area contributed by atoms with E-state index >= 15 is 0 Å². The van der Waals surface area contributed by atoms with Crippen molar-refractivity contribution in [2.45, 2.75) is 51.8 Å². The first-order valence-corrected chi connectivity index (χ1v) is 6.23. The number of hydrogen-bond acceptors (Lipinski definition) is 4. The van der Waals surface area contributed by atoms with Gasteiger partial charge in [-0.05, 0) is 19.8 Å². The number of aliphatic hydroxyl groups is 1. The summed E-state index contributed by atoms with van der Waals surface area (Å²) in [5.74, 6) is 0.210. The third-order valence-electron chi connectivity index (χ3n) is 3.52. The van der Waals surface area contributed by atoms with E-state index in [1.807, 2.05) is 0 Å². The minimum absolute atomic E-state index is 0.0808. The van der Waals surface area contributed by atoms with E-state index in [1.54, 1.807) is 13.1 Å². The van der Waals surface area contributed by atoms with Crippen LogP contribution in [0, 0.1) is 6.92 Å². The summed E-state index contributed by atoms with van der Waals surface area (Å²) in [7, 11) is 0. The largest absolute Gasteiger partial charge is 0.506 e. The number of nitrogens with one attached hydrogen (secondary N) is 1. The Morgan fingerprint density at radius 3 is 2.76 bits per heavy atom. The number of hydrogen-bond donors (Lipinski definition) is 3. The Balaban J connectivity index is 2.09.